The Morgan fingerprint density at radius 1 is 1.25 bits per heavy atom. The van der Waals surface area contributed by atoms with Crippen molar-refractivity contribution >= 4 is 0 Å². The summed E-state index contributed by atoms with van der Waals surface area (Å²) in [5.74, 6) is 0. The van der Waals surface area contributed by atoms with E-state index in [2.05, 4.69) is 18.2 Å². The zero-order valence-electron chi connectivity index (χ0n) is 6.90. The van der Waals surface area contributed by atoms with Crippen molar-refractivity contribution in [2.24, 2.45) is 0 Å². The Labute approximate surface area is 72.2 Å². The second kappa shape index (κ2) is 3.70. The lowest BCUT2D eigenvalue weighted by Gasteiger charge is -2.04. The van der Waals surface area contributed by atoms with Crippen LogP contribution in [0.2, 0.25) is 0 Å². The molecular weight excluding hydrogens is 152 g/mol. The highest BCUT2D eigenvalue weighted by molar-refractivity contribution is 5.39. The lowest BCUT2D eigenvalue weighted by atomic mass is 10.2. The molecular formula is C10H12O2. The lowest BCUT2D eigenvalue weighted by Crippen LogP contribution is -2.05. The fraction of sp³-hybridized carbons (Fsp3) is 0.400. The molecule has 2 aliphatic rings. The standard InChI is InChI=1S/C10H12O2/c1-2-4-9(3-1)5-6-10-11-7-8-12-10/h1-5,10H,6-8H2. The second-order valence-corrected chi connectivity index (χ2v) is 2.83. The summed E-state index contributed by atoms with van der Waals surface area (Å²) in [6.07, 6.45) is 11.2. The van der Waals surface area contributed by atoms with E-state index in [1.165, 1.54) is 5.57 Å². The predicted molar refractivity (Wildman–Crippen MR) is 46.7 cm³/mol. The minimum Gasteiger partial charge on any atom is -0.350 e. The highest BCUT2D eigenvalue weighted by Gasteiger charge is 2.13. The van der Waals surface area contributed by atoms with Crippen LogP contribution in [0.3, 0.4) is 0 Å². The van der Waals surface area contributed by atoms with Gasteiger partial charge in [-0.15, -0.1) is 0 Å². The Balaban J connectivity index is 1.83. The van der Waals surface area contributed by atoms with Gasteiger partial charge in [0.05, 0.1) is 13.2 Å². The first-order valence-corrected chi connectivity index (χ1v) is 4.23. The van der Waals surface area contributed by atoms with Gasteiger partial charge in [0.1, 0.15) is 0 Å². The molecule has 1 heterocycles. The van der Waals surface area contributed by atoms with Crippen LogP contribution in [0.4, 0.5) is 0 Å². The van der Waals surface area contributed by atoms with E-state index in [9.17, 15) is 0 Å². The summed E-state index contributed by atoms with van der Waals surface area (Å²) < 4.78 is 10.6. The number of allylic oxidation sites excluding steroid dienone is 5. The summed E-state index contributed by atoms with van der Waals surface area (Å²) in [7, 11) is 0. The molecule has 0 aromatic rings. The van der Waals surface area contributed by atoms with Crippen LogP contribution >= 0.6 is 0 Å². The van der Waals surface area contributed by atoms with Gasteiger partial charge in [0.15, 0.2) is 6.29 Å². The van der Waals surface area contributed by atoms with Crippen molar-refractivity contribution in [1.29, 1.82) is 0 Å². The van der Waals surface area contributed by atoms with Crippen molar-refractivity contribution in [2.75, 3.05) is 13.2 Å². The van der Waals surface area contributed by atoms with E-state index in [1.54, 1.807) is 0 Å². The molecule has 2 nitrogen and oxygen atoms in total. The van der Waals surface area contributed by atoms with Crippen LogP contribution in [0.1, 0.15) is 6.42 Å². The Hall–Kier alpha value is -0.860. The maximum atomic E-state index is 5.30. The Bertz CT molecular complexity index is 218. The molecule has 0 saturated carbocycles. The van der Waals surface area contributed by atoms with Crippen molar-refractivity contribution in [3.63, 3.8) is 0 Å². The summed E-state index contributed by atoms with van der Waals surface area (Å²) in [5.41, 5.74) is 1.24. The van der Waals surface area contributed by atoms with Gasteiger partial charge in [0.2, 0.25) is 0 Å². The molecule has 64 valence electrons. The van der Waals surface area contributed by atoms with Gasteiger partial charge in [-0.3, -0.25) is 0 Å². The fourth-order valence-electron chi connectivity index (χ4n) is 1.30. The van der Waals surface area contributed by atoms with E-state index >= 15 is 0 Å². The summed E-state index contributed by atoms with van der Waals surface area (Å²) in [6.45, 7) is 1.47. The van der Waals surface area contributed by atoms with Crippen molar-refractivity contribution in [2.45, 2.75) is 12.7 Å². The first kappa shape index (κ1) is 7.77. The van der Waals surface area contributed by atoms with E-state index in [4.69, 9.17) is 9.47 Å². The monoisotopic (exact) mass is 164 g/mol. The molecule has 0 atom stereocenters. The summed E-state index contributed by atoms with van der Waals surface area (Å²) in [6, 6.07) is 0. The topological polar surface area (TPSA) is 18.5 Å². The molecule has 2 heteroatoms. The van der Waals surface area contributed by atoms with Crippen LogP contribution in [0.15, 0.2) is 36.0 Å². The number of hydrogen-bond acceptors (Lipinski definition) is 2. The molecule has 0 radical (unpaired) electrons. The minimum absolute atomic E-state index is 0.0140. The van der Waals surface area contributed by atoms with E-state index in [1.807, 2.05) is 12.2 Å². The molecule has 0 amide bonds. The second-order valence-electron chi connectivity index (χ2n) is 2.83. The average molecular weight is 164 g/mol. The Kier molecular flexibility index (Phi) is 2.39. The van der Waals surface area contributed by atoms with E-state index in [0.717, 1.165) is 19.6 Å². The van der Waals surface area contributed by atoms with Crippen molar-refractivity contribution < 1.29 is 9.47 Å². The third-order valence-electron chi connectivity index (χ3n) is 1.93. The maximum Gasteiger partial charge on any atom is 0.161 e. The first-order valence-electron chi connectivity index (χ1n) is 4.23. The van der Waals surface area contributed by atoms with Gasteiger partial charge in [-0.1, -0.05) is 30.4 Å². The molecule has 0 bridgehead atoms. The Morgan fingerprint density at radius 2 is 1.92 bits per heavy atom. The summed E-state index contributed by atoms with van der Waals surface area (Å²) in [4.78, 5) is 0. The molecule has 2 rings (SSSR count). The van der Waals surface area contributed by atoms with E-state index < -0.39 is 0 Å². The number of ether oxygens (including phenoxy) is 2. The SMILES string of the molecule is C1=CC(=CCC2OCCO2)C=C1. The quantitative estimate of drug-likeness (QED) is 0.619. The predicted octanol–water partition coefficient (Wildman–Crippen LogP) is 1.80. The third kappa shape index (κ3) is 1.84. The highest BCUT2D eigenvalue weighted by atomic mass is 16.7. The first-order chi connectivity index (χ1) is 5.95. The molecule has 0 aromatic heterocycles. The number of rotatable bonds is 2. The molecule has 0 aromatic carbocycles. The molecule has 0 unspecified atom stereocenters. The zero-order chi connectivity index (χ0) is 8.23. The molecule has 1 aliphatic heterocycles. The van der Waals surface area contributed by atoms with Gasteiger partial charge >= 0.3 is 0 Å². The Morgan fingerprint density at radius 3 is 2.58 bits per heavy atom. The van der Waals surface area contributed by atoms with E-state index in [0.29, 0.717) is 0 Å². The van der Waals surface area contributed by atoms with Crippen LogP contribution in [-0.4, -0.2) is 19.5 Å². The molecule has 1 aliphatic carbocycles. The highest BCUT2D eigenvalue weighted by Crippen LogP contribution is 2.13. The lowest BCUT2D eigenvalue weighted by molar-refractivity contribution is -0.0380. The van der Waals surface area contributed by atoms with Crippen LogP contribution in [0.5, 0.6) is 0 Å². The maximum absolute atomic E-state index is 5.30. The van der Waals surface area contributed by atoms with Crippen LogP contribution < -0.4 is 0 Å². The molecule has 1 saturated heterocycles. The van der Waals surface area contributed by atoms with Gasteiger partial charge < -0.3 is 9.47 Å². The molecule has 0 spiro atoms. The molecule has 12 heavy (non-hydrogen) atoms. The normalized spacial score (nSPS) is 22.5. The van der Waals surface area contributed by atoms with Gasteiger partial charge in [0, 0.05) is 6.42 Å². The molecule has 0 N–H and O–H groups in total. The van der Waals surface area contributed by atoms with Crippen molar-refractivity contribution in [3.8, 4) is 0 Å². The van der Waals surface area contributed by atoms with Gasteiger partial charge in [-0.25, -0.2) is 0 Å². The summed E-state index contributed by atoms with van der Waals surface area (Å²) in [5, 5.41) is 0. The number of hydrogen-bond donors (Lipinski definition) is 0. The van der Waals surface area contributed by atoms with Crippen molar-refractivity contribution in [3.05, 3.63) is 36.0 Å². The van der Waals surface area contributed by atoms with Gasteiger partial charge in [-0.05, 0) is 5.57 Å². The van der Waals surface area contributed by atoms with Crippen LogP contribution in [0.25, 0.3) is 0 Å². The largest absolute Gasteiger partial charge is 0.350 e. The average Bonchev–Trinajstić information content (AvgIpc) is 2.74. The van der Waals surface area contributed by atoms with Crippen molar-refractivity contribution in [1.82, 2.24) is 0 Å². The van der Waals surface area contributed by atoms with E-state index in [-0.39, 0.29) is 6.29 Å². The zero-order valence-corrected chi connectivity index (χ0v) is 6.90. The van der Waals surface area contributed by atoms with Gasteiger partial charge in [-0.2, -0.15) is 0 Å². The van der Waals surface area contributed by atoms with Gasteiger partial charge in [0.25, 0.3) is 0 Å². The van der Waals surface area contributed by atoms with Crippen LogP contribution in [0, 0.1) is 0 Å². The third-order valence-corrected chi connectivity index (χ3v) is 1.93. The van der Waals surface area contributed by atoms with Crippen LogP contribution in [-0.2, 0) is 9.47 Å². The minimum atomic E-state index is -0.0140. The summed E-state index contributed by atoms with van der Waals surface area (Å²) >= 11 is 0. The fourth-order valence-corrected chi connectivity index (χ4v) is 1.30. The smallest absolute Gasteiger partial charge is 0.161 e. The molecule has 1 fully saturated rings.